The number of sulfonamides is 1. The van der Waals surface area contributed by atoms with E-state index in [4.69, 9.17) is 9.47 Å². The van der Waals surface area contributed by atoms with E-state index in [0.717, 1.165) is 26.2 Å². The van der Waals surface area contributed by atoms with Gasteiger partial charge in [-0.3, -0.25) is 4.90 Å². The van der Waals surface area contributed by atoms with Gasteiger partial charge in [-0.2, -0.15) is 4.31 Å². The maximum absolute atomic E-state index is 12.7. The Bertz CT molecular complexity index is 941. The van der Waals surface area contributed by atoms with E-state index in [9.17, 15) is 13.5 Å². The fraction of sp³-hybridized carbons (Fsp3) is 0.478. The zero-order valence-electron chi connectivity index (χ0n) is 18.2. The summed E-state index contributed by atoms with van der Waals surface area (Å²) in [5, 5.41) is 10.4. The zero-order valence-corrected chi connectivity index (χ0v) is 19.0. The van der Waals surface area contributed by atoms with Gasteiger partial charge in [-0.05, 0) is 36.4 Å². The molecule has 0 saturated carbocycles. The highest BCUT2D eigenvalue weighted by molar-refractivity contribution is 7.89. The van der Waals surface area contributed by atoms with Gasteiger partial charge in [0.1, 0.15) is 18.5 Å². The first kappa shape index (κ1) is 23.0. The summed E-state index contributed by atoms with van der Waals surface area (Å²) in [7, 11) is -3.52. The lowest BCUT2D eigenvalue weighted by Crippen LogP contribution is -2.49. The van der Waals surface area contributed by atoms with Crippen molar-refractivity contribution in [1.29, 1.82) is 0 Å². The number of morpholine rings is 1. The Hall–Kier alpha value is -2.17. The van der Waals surface area contributed by atoms with E-state index in [1.807, 2.05) is 18.2 Å². The Labute approximate surface area is 190 Å². The predicted molar refractivity (Wildman–Crippen MR) is 123 cm³/mol. The minimum atomic E-state index is -3.52. The molecule has 0 amide bonds. The summed E-state index contributed by atoms with van der Waals surface area (Å²) < 4.78 is 37.7. The lowest BCUT2D eigenvalue weighted by molar-refractivity contribution is 0.0663. The van der Waals surface area contributed by atoms with Crippen LogP contribution in [0.5, 0.6) is 5.75 Å². The topological polar surface area (TPSA) is 82.5 Å². The number of aliphatic hydroxyl groups is 1. The largest absolute Gasteiger partial charge is 0.491 e. The van der Waals surface area contributed by atoms with Crippen LogP contribution in [-0.2, 0) is 14.8 Å². The molecule has 2 aliphatic heterocycles. The fourth-order valence-electron chi connectivity index (χ4n) is 4.01. The van der Waals surface area contributed by atoms with E-state index < -0.39 is 16.1 Å². The normalized spacial score (nSPS) is 19.6. The number of ether oxygens (including phenoxy) is 2. The second-order valence-electron chi connectivity index (χ2n) is 8.08. The summed E-state index contributed by atoms with van der Waals surface area (Å²) in [6, 6.07) is 16.7. The second kappa shape index (κ2) is 10.6. The minimum absolute atomic E-state index is 0.161. The van der Waals surface area contributed by atoms with E-state index in [1.54, 1.807) is 24.3 Å². The van der Waals surface area contributed by atoms with Crippen molar-refractivity contribution < 1.29 is 23.0 Å². The van der Waals surface area contributed by atoms with E-state index in [-0.39, 0.29) is 11.5 Å². The molecule has 8 nitrogen and oxygen atoms in total. The average molecular weight is 462 g/mol. The van der Waals surface area contributed by atoms with E-state index in [1.165, 1.54) is 9.99 Å². The molecule has 174 valence electrons. The molecule has 1 atom stereocenters. The van der Waals surface area contributed by atoms with Crippen molar-refractivity contribution in [1.82, 2.24) is 9.21 Å². The van der Waals surface area contributed by atoms with Crippen molar-refractivity contribution in [3.8, 4) is 5.75 Å². The van der Waals surface area contributed by atoms with Crippen LogP contribution in [0.15, 0.2) is 59.5 Å². The SMILES string of the molecule is O=S(=O)(c1ccc(OC[C@@H](O)CN2CCN(c3ccccc3)CC2)cc1)N1CCOCC1. The third-order valence-electron chi connectivity index (χ3n) is 5.84. The molecule has 32 heavy (non-hydrogen) atoms. The standard InChI is InChI=1S/C23H31N3O5S/c27-21(18-24-10-12-25(13-11-24)20-4-2-1-3-5-20)19-31-22-6-8-23(9-7-22)32(28,29)26-14-16-30-17-15-26/h1-9,21,27H,10-19H2/t21-/m0/s1. The molecule has 0 radical (unpaired) electrons. The first-order chi connectivity index (χ1) is 15.5. The Morgan fingerprint density at radius 1 is 0.906 bits per heavy atom. The lowest BCUT2D eigenvalue weighted by Gasteiger charge is -2.36. The summed E-state index contributed by atoms with van der Waals surface area (Å²) in [6.07, 6.45) is -0.616. The number of anilines is 1. The first-order valence-corrected chi connectivity index (χ1v) is 12.5. The highest BCUT2D eigenvalue weighted by atomic mass is 32.2. The summed E-state index contributed by atoms with van der Waals surface area (Å²) in [6.45, 7) is 5.91. The molecule has 9 heteroatoms. The summed E-state index contributed by atoms with van der Waals surface area (Å²) >= 11 is 0. The van der Waals surface area contributed by atoms with Gasteiger partial charge in [0.25, 0.3) is 0 Å². The molecule has 2 fully saturated rings. The molecule has 0 bridgehead atoms. The zero-order chi connectivity index (χ0) is 22.4. The molecule has 0 aliphatic carbocycles. The van der Waals surface area contributed by atoms with Gasteiger partial charge in [-0.15, -0.1) is 0 Å². The first-order valence-electron chi connectivity index (χ1n) is 11.0. The van der Waals surface area contributed by atoms with E-state index >= 15 is 0 Å². The van der Waals surface area contributed by atoms with Gasteiger partial charge in [-0.1, -0.05) is 18.2 Å². The van der Waals surface area contributed by atoms with Crippen LogP contribution >= 0.6 is 0 Å². The van der Waals surface area contributed by atoms with Gasteiger partial charge in [0.2, 0.25) is 10.0 Å². The smallest absolute Gasteiger partial charge is 0.243 e. The Kier molecular flexibility index (Phi) is 7.64. The molecule has 0 unspecified atom stereocenters. The molecular formula is C23H31N3O5S. The van der Waals surface area contributed by atoms with Gasteiger partial charge < -0.3 is 19.5 Å². The number of aliphatic hydroxyl groups excluding tert-OH is 1. The molecule has 4 rings (SSSR count). The molecule has 2 aromatic carbocycles. The van der Waals surface area contributed by atoms with Crippen LogP contribution in [0.4, 0.5) is 5.69 Å². The van der Waals surface area contributed by atoms with Crippen molar-refractivity contribution in [2.45, 2.75) is 11.0 Å². The number of hydrogen-bond acceptors (Lipinski definition) is 7. The van der Waals surface area contributed by atoms with Crippen LogP contribution in [0, 0.1) is 0 Å². The monoisotopic (exact) mass is 461 g/mol. The van der Waals surface area contributed by atoms with Crippen LogP contribution in [0.3, 0.4) is 0 Å². The van der Waals surface area contributed by atoms with Crippen molar-refractivity contribution in [2.24, 2.45) is 0 Å². The van der Waals surface area contributed by atoms with Gasteiger partial charge in [0.15, 0.2) is 0 Å². The molecule has 2 saturated heterocycles. The summed E-state index contributed by atoms with van der Waals surface area (Å²) in [5.74, 6) is 0.541. The Balaban J connectivity index is 1.22. The number of rotatable bonds is 8. The van der Waals surface area contributed by atoms with Gasteiger partial charge in [0.05, 0.1) is 18.1 Å². The van der Waals surface area contributed by atoms with Gasteiger partial charge in [0, 0.05) is 51.5 Å². The van der Waals surface area contributed by atoms with Gasteiger partial charge in [-0.25, -0.2) is 8.42 Å². The lowest BCUT2D eigenvalue weighted by atomic mass is 10.2. The van der Waals surface area contributed by atoms with Crippen molar-refractivity contribution in [3.63, 3.8) is 0 Å². The van der Waals surface area contributed by atoms with Crippen molar-refractivity contribution in [2.75, 3.05) is 70.5 Å². The van der Waals surface area contributed by atoms with E-state index in [0.29, 0.717) is 38.6 Å². The van der Waals surface area contributed by atoms with Crippen LogP contribution in [0.25, 0.3) is 0 Å². The molecular weight excluding hydrogens is 430 g/mol. The third-order valence-corrected chi connectivity index (χ3v) is 7.75. The number of β-amino-alcohol motifs (C(OH)–C–C–N with tert-alkyl or cyclic N) is 1. The maximum atomic E-state index is 12.7. The van der Waals surface area contributed by atoms with E-state index in [2.05, 4.69) is 21.9 Å². The Morgan fingerprint density at radius 2 is 1.56 bits per heavy atom. The molecule has 0 spiro atoms. The number of benzene rings is 2. The molecule has 2 aliphatic rings. The fourth-order valence-corrected chi connectivity index (χ4v) is 5.42. The van der Waals surface area contributed by atoms with Crippen LogP contribution in [0.2, 0.25) is 0 Å². The number of piperazine rings is 1. The van der Waals surface area contributed by atoms with Crippen LogP contribution in [0.1, 0.15) is 0 Å². The molecule has 2 aromatic rings. The number of para-hydroxylation sites is 1. The van der Waals surface area contributed by atoms with Crippen molar-refractivity contribution >= 4 is 15.7 Å². The quantitative estimate of drug-likeness (QED) is 0.634. The highest BCUT2D eigenvalue weighted by Crippen LogP contribution is 2.21. The van der Waals surface area contributed by atoms with Crippen molar-refractivity contribution in [3.05, 3.63) is 54.6 Å². The highest BCUT2D eigenvalue weighted by Gasteiger charge is 2.26. The molecule has 0 aromatic heterocycles. The number of hydrogen-bond donors (Lipinski definition) is 1. The third kappa shape index (κ3) is 5.79. The summed E-state index contributed by atoms with van der Waals surface area (Å²) in [5.41, 5.74) is 1.23. The number of nitrogens with zero attached hydrogens (tertiary/aromatic N) is 3. The summed E-state index contributed by atoms with van der Waals surface area (Å²) in [4.78, 5) is 4.83. The van der Waals surface area contributed by atoms with Crippen LogP contribution in [-0.4, -0.2) is 94.5 Å². The maximum Gasteiger partial charge on any atom is 0.243 e. The minimum Gasteiger partial charge on any atom is -0.491 e. The molecule has 2 heterocycles. The average Bonchev–Trinajstić information content (AvgIpc) is 2.84. The van der Waals surface area contributed by atoms with Gasteiger partial charge >= 0.3 is 0 Å². The second-order valence-corrected chi connectivity index (χ2v) is 10.0. The Morgan fingerprint density at radius 3 is 2.22 bits per heavy atom. The predicted octanol–water partition coefficient (Wildman–Crippen LogP) is 1.27. The van der Waals surface area contributed by atoms with Crippen LogP contribution < -0.4 is 9.64 Å². The molecule has 1 N–H and O–H groups in total.